The van der Waals surface area contributed by atoms with E-state index in [1.54, 1.807) is 11.7 Å². The third kappa shape index (κ3) is 3.84. The highest BCUT2D eigenvalue weighted by Crippen LogP contribution is 2.33. The number of aromatic nitrogens is 2. The summed E-state index contributed by atoms with van der Waals surface area (Å²) in [5.74, 6) is 1.12. The van der Waals surface area contributed by atoms with Gasteiger partial charge < -0.3 is 15.4 Å². The van der Waals surface area contributed by atoms with E-state index < -0.39 is 6.04 Å². The predicted molar refractivity (Wildman–Crippen MR) is 112 cm³/mol. The molecule has 29 heavy (non-hydrogen) atoms. The molecule has 0 spiro atoms. The monoisotopic (exact) mass is 408 g/mol. The summed E-state index contributed by atoms with van der Waals surface area (Å²) in [5, 5.41) is 6.61. The Bertz CT molecular complexity index is 1140. The van der Waals surface area contributed by atoms with Crippen molar-refractivity contribution < 1.29 is 14.3 Å². The largest absolute Gasteiger partial charge is 0.497 e. The van der Waals surface area contributed by atoms with Crippen molar-refractivity contribution in [1.29, 1.82) is 0 Å². The van der Waals surface area contributed by atoms with Crippen molar-refractivity contribution in [3.63, 3.8) is 0 Å². The SMILES string of the molecule is COc1ccc(CNC(=O)CCC2C(=O)Nc3c4ccccc4nc(=S)n32)cc1. The van der Waals surface area contributed by atoms with E-state index in [0.717, 1.165) is 22.2 Å². The first-order valence-electron chi connectivity index (χ1n) is 9.28. The van der Waals surface area contributed by atoms with Gasteiger partial charge in [-0.2, -0.15) is 0 Å². The van der Waals surface area contributed by atoms with Crippen LogP contribution in [0.1, 0.15) is 24.4 Å². The zero-order valence-electron chi connectivity index (χ0n) is 15.8. The van der Waals surface area contributed by atoms with Gasteiger partial charge in [-0.25, -0.2) is 4.98 Å². The fraction of sp³-hybridized carbons (Fsp3) is 0.238. The Morgan fingerprint density at radius 1 is 1.24 bits per heavy atom. The van der Waals surface area contributed by atoms with Crippen molar-refractivity contribution in [3.05, 3.63) is 58.9 Å². The fourth-order valence-corrected chi connectivity index (χ4v) is 3.76. The van der Waals surface area contributed by atoms with Crippen molar-refractivity contribution in [1.82, 2.24) is 14.9 Å². The van der Waals surface area contributed by atoms with Gasteiger partial charge in [0.2, 0.25) is 16.6 Å². The Balaban J connectivity index is 1.43. The molecule has 2 heterocycles. The quantitative estimate of drug-likeness (QED) is 0.611. The van der Waals surface area contributed by atoms with E-state index in [-0.39, 0.29) is 18.2 Å². The van der Waals surface area contributed by atoms with Crippen LogP contribution in [0.5, 0.6) is 5.75 Å². The maximum absolute atomic E-state index is 12.5. The minimum atomic E-state index is -0.540. The zero-order chi connectivity index (χ0) is 20.4. The van der Waals surface area contributed by atoms with E-state index in [0.29, 0.717) is 23.6 Å². The van der Waals surface area contributed by atoms with Crippen LogP contribution in [0.15, 0.2) is 48.5 Å². The molecular formula is C21H20N4O3S. The molecule has 0 saturated carbocycles. The van der Waals surface area contributed by atoms with Crippen LogP contribution in [-0.2, 0) is 16.1 Å². The summed E-state index contributed by atoms with van der Waals surface area (Å²) >= 11 is 5.40. The van der Waals surface area contributed by atoms with Crippen LogP contribution in [0.2, 0.25) is 0 Å². The summed E-state index contributed by atoms with van der Waals surface area (Å²) in [6.07, 6.45) is 0.559. The van der Waals surface area contributed by atoms with Gasteiger partial charge in [-0.3, -0.25) is 14.2 Å². The van der Waals surface area contributed by atoms with Crippen LogP contribution < -0.4 is 15.4 Å². The van der Waals surface area contributed by atoms with Gasteiger partial charge in [0.1, 0.15) is 17.6 Å². The van der Waals surface area contributed by atoms with Gasteiger partial charge in [0.05, 0.1) is 12.6 Å². The number of fused-ring (bicyclic) bond motifs is 3. The highest BCUT2D eigenvalue weighted by Gasteiger charge is 2.32. The van der Waals surface area contributed by atoms with E-state index in [1.165, 1.54) is 0 Å². The minimum absolute atomic E-state index is 0.123. The lowest BCUT2D eigenvalue weighted by atomic mass is 10.1. The van der Waals surface area contributed by atoms with Crippen molar-refractivity contribution in [2.75, 3.05) is 12.4 Å². The number of benzene rings is 2. The number of rotatable bonds is 6. The highest BCUT2D eigenvalue weighted by molar-refractivity contribution is 7.71. The molecule has 0 radical (unpaired) electrons. The Morgan fingerprint density at radius 3 is 2.76 bits per heavy atom. The van der Waals surface area contributed by atoms with E-state index in [4.69, 9.17) is 17.0 Å². The number of para-hydroxylation sites is 1. The van der Waals surface area contributed by atoms with E-state index >= 15 is 0 Å². The first-order chi connectivity index (χ1) is 14.1. The van der Waals surface area contributed by atoms with Crippen molar-refractivity contribution in [2.24, 2.45) is 0 Å². The number of anilines is 1. The lowest BCUT2D eigenvalue weighted by molar-refractivity contribution is -0.122. The van der Waals surface area contributed by atoms with Crippen molar-refractivity contribution >= 4 is 40.8 Å². The Labute approximate surface area is 172 Å². The molecule has 2 N–H and O–H groups in total. The number of ether oxygens (including phenoxy) is 1. The van der Waals surface area contributed by atoms with Crippen LogP contribution in [0, 0.1) is 4.77 Å². The molecular weight excluding hydrogens is 388 g/mol. The Kier molecular flexibility index (Phi) is 5.26. The molecule has 1 unspecified atom stereocenters. The molecule has 1 atom stereocenters. The summed E-state index contributed by atoms with van der Waals surface area (Å²) in [4.78, 5) is 29.2. The van der Waals surface area contributed by atoms with Gasteiger partial charge in [-0.05, 0) is 48.5 Å². The van der Waals surface area contributed by atoms with E-state index in [2.05, 4.69) is 15.6 Å². The Morgan fingerprint density at radius 2 is 2.00 bits per heavy atom. The first-order valence-corrected chi connectivity index (χ1v) is 9.69. The molecule has 0 fully saturated rings. The summed E-state index contributed by atoms with van der Waals surface area (Å²) in [5.41, 5.74) is 1.71. The normalized spacial score (nSPS) is 15.1. The van der Waals surface area contributed by atoms with Gasteiger partial charge in [0.25, 0.3) is 0 Å². The van der Waals surface area contributed by atoms with Gasteiger partial charge in [0, 0.05) is 18.4 Å². The lowest BCUT2D eigenvalue weighted by Crippen LogP contribution is -2.25. The maximum Gasteiger partial charge on any atom is 0.248 e. The smallest absolute Gasteiger partial charge is 0.248 e. The number of hydrogen-bond donors (Lipinski definition) is 2. The number of amides is 2. The molecule has 2 amide bonds. The minimum Gasteiger partial charge on any atom is -0.497 e. The molecule has 0 saturated heterocycles. The topological polar surface area (TPSA) is 85.2 Å². The van der Waals surface area contributed by atoms with Crippen molar-refractivity contribution in [3.8, 4) is 5.75 Å². The summed E-state index contributed by atoms with van der Waals surface area (Å²) in [6.45, 7) is 0.419. The van der Waals surface area contributed by atoms with E-state index in [9.17, 15) is 9.59 Å². The highest BCUT2D eigenvalue weighted by atomic mass is 32.1. The molecule has 8 heteroatoms. The number of carbonyl (C=O) groups is 2. The van der Waals surface area contributed by atoms with Gasteiger partial charge >= 0.3 is 0 Å². The molecule has 2 aromatic carbocycles. The second-order valence-electron chi connectivity index (χ2n) is 6.80. The fourth-order valence-electron chi connectivity index (χ4n) is 3.45. The second kappa shape index (κ2) is 8.00. The number of methoxy groups -OCH3 is 1. The third-order valence-corrected chi connectivity index (χ3v) is 5.26. The zero-order valence-corrected chi connectivity index (χ0v) is 16.7. The molecule has 0 aliphatic carbocycles. The summed E-state index contributed by atoms with van der Waals surface area (Å²) in [7, 11) is 1.61. The van der Waals surface area contributed by atoms with Gasteiger partial charge in [-0.1, -0.05) is 24.3 Å². The molecule has 4 rings (SSSR count). The van der Waals surface area contributed by atoms with E-state index in [1.807, 2.05) is 48.5 Å². The van der Waals surface area contributed by atoms with Crippen LogP contribution >= 0.6 is 12.2 Å². The van der Waals surface area contributed by atoms with Crippen LogP contribution in [0.4, 0.5) is 5.82 Å². The second-order valence-corrected chi connectivity index (χ2v) is 7.16. The Hall–Kier alpha value is -3.26. The number of carbonyl (C=O) groups excluding carboxylic acids is 2. The number of nitrogens with one attached hydrogen (secondary N) is 2. The molecule has 3 aromatic rings. The van der Waals surface area contributed by atoms with Gasteiger partial charge in [-0.15, -0.1) is 0 Å². The molecule has 1 aromatic heterocycles. The molecule has 148 valence electrons. The maximum atomic E-state index is 12.5. The summed E-state index contributed by atoms with van der Waals surface area (Å²) in [6, 6.07) is 14.5. The van der Waals surface area contributed by atoms with Crippen LogP contribution in [0.3, 0.4) is 0 Å². The number of hydrogen-bond acceptors (Lipinski definition) is 5. The first kappa shape index (κ1) is 19.1. The number of nitrogens with zero attached hydrogens (tertiary/aromatic N) is 2. The van der Waals surface area contributed by atoms with Crippen LogP contribution in [-0.4, -0.2) is 28.5 Å². The average Bonchev–Trinajstić information content (AvgIpc) is 3.08. The molecule has 0 bridgehead atoms. The lowest BCUT2D eigenvalue weighted by Gasteiger charge is -2.13. The molecule has 1 aliphatic heterocycles. The van der Waals surface area contributed by atoms with Crippen molar-refractivity contribution in [2.45, 2.75) is 25.4 Å². The summed E-state index contributed by atoms with van der Waals surface area (Å²) < 4.78 is 7.18. The predicted octanol–water partition coefficient (Wildman–Crippen LogP) is 3.36. The molecule has 1 aliphatic rings. The standard InChI is InChI=1S/C21H20N4O3S/c1-28-14-8-6-13(7-9-14)12-22-18(26)11-10-17-20(27)24-19-15-4-2-3-5-16(15)23-21(29)25(17)19/h2-9,17H,10-12H2,1H3,(H,22,26)(H,24,27). The van der Waals surface area contributed by atoms with Gasteiger partial charge in [0.15, 0.2) is 0 Å². The molecule has 7 nitrogen and oxygen atoms in total. The third-order valence-electron chi connectivity index (χ3n) is 4.97. The van der Waals surface area contributed by atoms with Crippen LogP contribution in [0.25, 0.3) is 10.9 Å². The average molecular weight is 408 g/mol.